The van der Waals surface area contributed by atoms with Crippen LogP contribution in [-0.2, 0) is 56.6 Å². The van der Waals surface area contributed by atoms with Crippen molar-refractivity contribution in [3.05, 3.63) is 227 Å². The normalized spacial score (nSPS) is 34.1. The van der Waals surface area contributed by atoms with Crippen molar-refractivity contribution in [2.45, 2.75) is 194 Å². The molecule has 18 aliphatic rings. The van der Waals surface area contributed by atoms with E-state index in [-0.39, 0.29) is 145 Å². The molecule has 0 radical (unpaired) electrons. The summed E-state index contributed by atoms with van der Waals surface area (Å²) in [6.07, 6.45) is 27.8. The van der Waals surface area contributed by atoms with Crippen molar-refractivity contribution in [1.82, 2.24) is 29.8 Å². The Kier molecular flexibility index (Phi) is 25.0. The Morgan fingerprint density at radius 1 is 0.424 bits per heavy atom. The first-order chi connectivity index (χ1) is 60.0. The van der Waals surface area contributed by atoms with Crippen molar-refractivity contribution in [2.75, 3.05) is 87.0 Å². The van der Waals surface area contributed by atoms with Gasteiger partial charge in [-0.3, -0.25) is 29.3 Å². The van der Waals surface area contributed by atoms with E-state index in [0.29, 0.717) is 71.6 Å². The van der Waals surface area contributed by atoms with Gasteiger partial charge in [-0.1, -0.05) is 121 Å². The van der Waals surface area contributed by atoms with Crippen molar-refractivity contribution < 1.29 is 157 Å². The average Bonchev–Trinajstić information content (AvgIpc) is 1.48. The molecule has 6 aliphatic heterocycles. The maximum Gasteiger partial charge on any atom is 1.00 e. The monoisotopic (exact) mass is 1760 g/mol. The third kappa shape index (κ3) is 14.4. The molecular weight excluding hydrogens is 1630 g/mol. The fourth-order valence-electron chi connectivity index (χ4n) is 31.5. The number of fused-ring (bicyclic) bond motifs is 3. The Balaban J connectivity index is 0.000000120. The molecule has 6 saturated heterocycles. The van der Waals surface area contributed by atoms with Crippen LogP contribution in [0.2, 0.25) is 0 Å². The van der Waals surface area contributed by atoms with Gasteiger partial charge in [0.15, 0.2) is 40.2 Å². The van der Waals surface area contributed by atoms with Crippen LogP contribution < -0.4 is 147 Å². The van der Waals surface area contributed by atoms with Crippen molar-refractivity contribution >= 4 is 18.9 Å². The quantitative estimate of drug-likeness (QED) is 0.0296. The molecule has 6 heterocycles. The van der Waals surface area contributed by atoms with Crippen LogP contribution in [0.1, 0.15) is 156 Å². The number of carbonyl (C=O) groups excluding carboxylic acids is 1. The Labute approximate surface area is 831 Å². The molecule has 648 valence electrons. The molecule has 26 rings (SSSR count). The third-order valence-corrected chi connectivity index (χ3v) is 35.6. The Bertz CT molecular complexity index is 5190. The molecule has 0 aromatic heterocycles. The van der Waals surface area contributed by atoms with Gasteiger partial charge in [0, 0.05) is 108 Å². The smallest absolute Gasteiger partial charge is 1.00 e. The van der Waals surface area contributed by atoms with Gasteiger partial charge in [0.1, 0.15) is 24.0 Å². The molecule has 8 aromatic rings. The molecular formula is C105H123ClK2N6O11. The fraction of sp³-hybridized carbons (Fsp3) is 0.533. The van der Waals surface area contributed by atoms with Crippen LogP contribution in [-0.4, -0.2) is 154 Å². The summed E-state index contributed by atoms with van der Waals surface area (Å²) in [5, 5.41) is 12.4. The zero-order chi connectivity index (χ0) is 81.7. The number of piperidine rings is 3. The largest absolute Gasteiger partial charge is 1.00 e. The summed E-state index contributed by atoms with van der Waals surface area (Å²) in [6, 6.07) is 69.6. The average molecular weight is 1760 g/mol. The second kappa shape index (κ2) is 35.6. The summed E-state index contributed by atoms with van der Waals surface area (Å²) in [5.74, 6) is 16.1. The molecule has 18 atom stereocenters. The van der Waals surface area contributed by atoms with Gasteiger partial charge in [0.05, 0.1) is 21.3 Å². The Hall–Kier alpha value is -4.93. The van der Waals surface area contributed by atoms with Crippen LogP contribution in [0.25, 0.3) is 0 Å². The van der Waals surface area contributed by atoms with Crippen molar-refractivity contribution in [3.63, 3.8) is 0 Å². The Morgan fingerprint density at radius 3 is 1.18 bits per heavy atom. The standard InChI is InChI=1S/C37H42N2O4.C37H42N2O2.C30H36N2O2.CH2O3.ClH.2K.H/c1-40-31-15-14-26-20-32-36-17-16-30-33(27(21-36)23-39(30)24-41-43-29-10-6-3-7-11-29)37(36,18-19-38(32)22-25-12-13-25)34(26)35(31)42-28-8-4-2-5-9-28;1-40-31-15-14-27-20-32-36-17-16-30-33(28(21-36)24-39(30)23-25-8-4-2-5-9-25)37(36,18-19-38(32)22-26-12-13-26)34(27)35(31)41-29-10-6-3-7-11-29;1-33-24-10-9-20-15-25-29-12-11-23-26(21(16-29)17-31-23)30(29,13-14-32(25)18-19-7-8-19)27(20)28(24)34-22-5-3-2-4-6-22;2-1-4-3;;;;/h2-11,14-15,25,27,30,32-33H,12-13,16-24H2,1H3;2-11,14-15,26,28,30,32-33H,12-13,16-24H2,1H3;2-6,9-10,19,21,23,25-26,31H,7-8,11-18H2,1H3;1,3H;1H;;;/q;;;;;2*+1;-1/p-1. The SMILES string of the molecule is COc1ccc2c(c1Oc1ccccc1)C13CCN(CC4CC4)C(C2)C12CCC1C3C(CN1COOc1ccccc1)C2.COc1ccc2c(c1Oc1ccccc1)C13CCN(CC4CC4)C(C2)C12CCC1C3C(CN1Cc1ccccc1)C2.COc1ccc2c(c1Oc1ccccc1)C13CCN(CC4CC4)C(C2)C12CCC1NCC(C2)C13.Cl.O=CO[O-].[H-].[K+].[K+]. The van der Waals surface area contributed by atoms with E-state index in [1.165, 1.54) is 213 Å². The number of para-hydroxylation sites is 4. The molecule has 125 heavy (non-hydrogen) atoms. The van der Waals surface area contributed by atoms with Crippen LogP contribution in [0, 0.1) is 69.5 Å². The number of halogens is 1. The van der Waals surface area contributed by atoms with Crippen molar-refractivity contribution in [1.29, 1.82) is 0 Å². The number of hydrogen-bond acceptors (Lipinski definition) is 17. The summed E-state index contributed by atoms with van der Waals surface area (Å²) in [7, 11) is 5.41. The predicted molar refractivity (Wildman–Crippen MR) is 474 cm³/mol. The van der Waals surface area contributed by atoms with Crippen LogP contribution in [0.4, 0.5) is 0 Å². The summed E-state index contributed by atoms with van der Waals surface area (Å²) in [6.45, 7) is 12.6. The van der Waals surface area contributed by atoms with Crippen molar-refractivity contribution in [2.24, 2.45) is 69.5 Å². The number of likely N-dealkylation sites (tertiary alicyclic amines) is 5. The zero-order valence-corrected chi connectivity index (χ0v) is 81.0. The van der Waals surface area contributed by atoms with Crippen LogP contribution in [0.5, 0.6) is 57.5 Å². The molecule has 18 unspecified atom stereocenters. The van der Waals surface area contributed by atoms with Crippen LogP contribution in [0.3, 0.4) is 0 Å². The number of carbonyl (C=O) groups is 1. The van der Waals surface area contributed by atoms with E-state index >= 15 is 0 Å². The number of nitrogens with one attached hydrogen (secondary N) is 1. The van der Waals surface area contributed by atoms with Crippen LogP contribution in [0.15, 0.2) is 188 Å². The van der Waals surface area contributed by atoms with Gasteiger partial charge in [0.2, 0.25) is 0 Å². The predicted octanol–water partition coefficient (Wildman–Crippen LogP) is 12.0. The second-order valence-corrected chi connectivity index (χ2v) is 40.5. The molecule has 12 aliphatic carbocycles. The minimum absolute atomic E-state index is 0. The summed E-state index contributed by atoms with van der Waals surface area (Å²) in [5.41, 5.74) is 12.0. The minimum Gasteiger partial charge on any atom is -1.00 e. The minimum atomic E-state index is -0.181. The van der Waals surface area contributed by atoms with Gasteiger partial charge in [-0.2, -0.15) is 4.89 Å². The maximum absolute atomic E-state index is 8.64. The molecule has 17 nitrogen and oxygen atoms in total. The number of ether oxygens (including phenoxy) is 6. The third-order valence-electron chi connectivity index (χ3n) is 35.6. The van der Waals surface area contributed by atoms with E-state index in [9.17, 15) is 0 Å². The molecule has 1 N–H and O–H groups in total. The molecule has 9 saturated carbocycles. The van der Waals surface area contributed by atoms with Gasteiger partial charge in [0.25, 0.3) is 6.47 Å². The van der Waals surface area contributed by atoms with Gasteiger partial charge in [-0.05, 0) is 320 Å². The van der Waals surface area contributed by atoms with Crippen molar-refractivity contribution in [3.8, 4) is 57.5 Å². The number of hydrogen-bond donors (Lipinski definition) is 1. The molecule has 0 spiro atoms. The van der Waals surface area contributed by atoms with E-state index in [0.717, 1.165) is 119 Å². The van der Waals surface area contributed by atoms with Gasteiger partial charge in [-0.25, -0.2) is 0 Å². The molecule has 8 aromatic carbocycles. The van der Waals surface area contributed by atoms with Gasteiger partial charge >= 0.3 is 103 Å². The summed E-state index contributed by atoms with van der Waals surface area (Å²) >= 11 is 0. The Morgan fingerprint density at radius 2 is 0.784 bits per heavy atom. The number of rotatable bonds is 22. The second-order valence-electron chi connectivity index (χ2n) is 40.5. The maximum atomic E-state index is 8.64. The van der Waals surface area contributed by atoms with Gasteiger partial charge < -0.3 is 50.2 Å². The molecule has 20 heteroatoms. The summed E-state index contributed by atoms with van der Waals surface area (Å²) < 4.78 is 38.7. The number of benzene rings is 8. The van der Waals surface area contributed by atoms with Crippen LogP contribution >= 0.6 is 12.4 Å². The molecule has 0 amide bonds. The number of methoxy groups -OCH3 is 3. The van der Waals surface area contributed by atoms with E-state index in [4.69, 9.17) is 48.2 Å². The first-order valence-corrected chi connectivity index (χ1v) is 46.9. The first kappa shape index (κ1) is 88.0. The first-order valence-electron chi connectivity index (χ1n) is 46.9. The molecule has 12 bridgehead atoms. The van der Waals surface area contributed by atoms with E-state index in [1.807, 2.05) is 37.4 Å². The molecule has 15 fully saturated rings. The topological polar surface area (TPSA) is 151 Å². The van der Waals surface area contributed by atoms with E-state index in [2.05, 4.69) is 192 Å². The number of nitrogens with zero attached hydrogens (tertiary/aromatic N) is 5. The summed E-state index contributed by atoms with van der Waals surface area (Å²) in [4.78, 5) is 37.2. The van der Waals surface area contributed by atoms with E-state index in [1.54, 1.807) is 14.2 Å². The van der Waals surface area contributed by atoms with Gasteiger partial charge in [-0.15, -0.1) is 12.4 Å². The fourth-order valence-corrected chi connectivity index (χ4v) is 31.5. The van der Waals surface area contributed by atoms with E-state index < -0.39 is 0 Å². The zero-order valence-electron chi connectivity index (χ0n) is 74.9.